The highest BCUT2D eigenvalue weighted by Crippen LogP contribution is 2.18. The molecule has 1 rings (SSSR count). The van der Waals surface area contributed by atoms with Crippen molar-refractivity contribution >= 4 is 19.9 Å². The molecule has 0 amide bonds. The Morgan fingerprint density at radius 3 is 2.33 bits per heavy atom. The summed E-state index contributed by atoms with van der Waals surface area (Å²) in [7, 11) is -7.93. The second-order valence-corrected chi connectivity index (χ2v) is 7.25. The van der Waals surface area contributed by atoms with Crippen LogP contribution in [0.25, 0.3) is 0 Å². The van der Waals surface area contributed by atoms with Crippen LogP contribution < -0.4 is 5.14 Å². The number of nitrogens with zero attached hydrogens (tertiary/aromatic N) is 1. The number of hydrogen-bond acceptors (Lipinski definition) is 5. The largest absolute Gasteiger partial charge is 0.229 e. The minimum absolute atomic E-state index is 0.371. The lowest BCUT2D eigenvalue weighted by Gasteiger charge is -2.05. The maximum atomic E-state index is 12.8. The minimum Gasteiger partial charge on any atom is -0.229 e. The number of halogens is 1. The summed E-state index contributed by atoms with van der Waals surface area (Å²) in [6, 6.07) is 4.11. The normalized spacial score (nSPS) is 12.1. The zero-order valence-corrected chi connectivity index (χ0v) is 10.6. The standard InChI is InChI=1S/C9H9FN2O4S2/c10-8-1-2-9(7(5-8)6-11)17(13,14)3-4-18(12,15)16/h1-2,5H,3-4H2,(H2,12,15,16). The highest BCUT2D eigenvalue weighted by atomic mass is 32.2. The molecule has 0 radical (unpaired) electrons. The Bertz CT molecular complexity index is 705. The molecule has 0 aliphatic carbocycles. The Balaban J connectivity index is 3.18. The molecule has 0 heterocycles. The van der Waals surface area contributed by atoms with Crippen molar-refractivity contribution < 1.29 is 21.2 Å². The van der Waals surface area contributed by atoms with Crippen LogP contribution in [-0.2, 0) is 19.9 Å². The molecule has 0 fully saturated rings. The molecule has 0 aliphatic heterocycles. The molecule has 0 atom stereocenters. The molecule has 2 N–H and O–H groups in total. The Kier molecular flexibility index (Phi) is 4.05. The second-order valence-electron chi connectivity index (χ2n) is 3.44. The van der Waals surface area contributed by atoms with E-state index in [0.717, 1.165) is 18.2 Å². The number of sulfonamides is 1. The molecule has 6 nitrogen and oxygen atoms in total. The van der Waals surface area contributed by atoms with Gasteiger partial charge in [0.2, 0.25) is 10.0 Å². The van der Waals surface area contributed by atoms with Crippen molar-refractivity contribution in [3.63, 3.8) is 0 Å². The first-order valence-electron chi connectivity index (χ1n) is 4.58. The topological polar surface area (TPSA) is 118 Å². The Morgan fingerprint density at radius 1 is 1.22 bits per heavy atom. The van der Waals surface area contributed by atoms with E-state index in [1.165, 1.54) is 6.07 Å². The van der Waals surface area contributed by atoms with Crippen molar-refractivity contribution in [2.24, 2.45) is 5.14 Å². The number of nitrogens with two attached hydrogens (primary N) is 1. The number of benzene rings is 1. The van der Waals surface area contributed by atoms with E-state index in [4.69, 9.17) is 10.4 Å². The Hall–Kier alpha value is -1.50. The van der Waals surface area contributed by atoms with E-state index in [1.807, 2.05) is 0 Å². The third-order valence-corrected chi connectivity index (χ3v) is 4.83. The third-order valence-electron chi connectivity index (χ3n) is 2.03. The highest BCUT2D eigenvalue weighted by Gasteiger charge is 2.21. The van der Waals surface area contributed by atoms with Crippen LogP contribution >= 0.6 is 0 Å². The lowest BCUT2D eigenvalue weighted by molar-refractivity contribution is 0.587. The van der Waals surface area contributed by atoms with Crippen molar-refractivity contribution in [2.75, 3.05) is 11.5 Å². The number of hydrogen-bond donors (Lipinski definition) is 1. The summed E-state index contributed by atoms with van der Waals surface area (Å²) in [6.45, 7) is 0. The molecule has 98 valence electrons. The van der Waals surface area contributed by atoms with E-state index in [1.54, 1.807) is 0 Å². The molecule has 9 heteroatoms. The van der Waals surface area contributed by atoms with Crippen LogP contribution in [0.1, 0.15) is 5.56 Å². The summed E-state index contributed by atoms with van der Waals surface area (Å²) in [5, 5.41) is 13.4. The van der Waals surface area contributed by atoms with Gasteiger partial charge in [-0.1, -0.05) is 0 Å². The quantitative estimate of drug-likeness (QED) is 0.768. The Morgan fingerprint density at radius 2 is 1.83 bits per heavy atom. The van der Waals surface area contributed by atoms with Crippen molar-refractivity contribution in [3.05, 3.63) is 29.6 Å². The van der Waals surface area contributed by atoms with Crippen molar-refractivity contribution in [2.45, 2.75) is 4.90 Å². The fourth-order valence-corrected chi connectivity index (χ4v) is 3.94. The van der Waals surface area contributed by atoms with Gasteiger partial charge in [-0.2, -0.15) is 5.26 Å². The number of rotatable bonds is 4. The molecule has 0 unspecified atom stereocenters. The third kappa shape index (κ3) is 3.76. The highest BCUT2D eigenvalue weighted by molar-refractivity contribution is 7.94. The van der Waals surface area contributed by atoms with Gasteiger partial charge in [-0.15, -0.1) is 0 Å². The van der Waals surface area contributed by atoms with E-state index in [-0.39, 0.29) is 5.56 Å². The SMILES string of the molecule is N#Cc1cc(F)ccc1S(=O)(=O)CCS(N)(=O)=O. The van der Waals surface area contributed by atoms with E-state index in [2.05, 4.69) is 0 Å². The lowest BCUT2D eigenvalue weighted by atomic mass is 10.2. The summed E-state index contributed by atoms with van der Waals surface area (Å²) in [5.74, 6) is -2.28. The molecule has 18 heavy (non-hydrogen) atoms. The van der Waals surface area contributed by atoms with Crippen LogP contribution in [0.2, 0.25) is 0 Å². The Labute approximate surface area is 104 Å². The first kappa shape index (κ1) is 14.6. The maximum absolute atomic E-state index is 12.8. The molecule has 0 aliphatic rings. The molecule has 1 aromatic carbocycles. The number of nitriles is 1. The van der Waals surface area contributed by atoms with E-state index >= 15 is 0 Å². The zero-order valence-electron chi connectivity index (χ0n) is 9.00. The smallest absolute Gasteiger partial charge is 0.210 e. The van der Waals surface area contributed by atoms with Gasteiger partial charge in [-0.3, -0.25) is 0 Å². The predicted octanol–water partition coefficient (Wildman–Crippen LogP) is -0.240. The summed E-state index contributed by atoms with van der Waals surface area (Å²) < 4.78 is 57.8. The zero-order chi connectivity index (χ0) is 14.0. The second kappa shape index (κ2) is 5.01. The van der Waals surface area contributed by atoms with E-state index in [9.17, 15) is 21.2 Å². The molecular formula is C9H9FN2O4S2. The molecule has 0 aromatic heterocycles. The fourth-order valence-electron chi connectivity index (χ4n) is 1.20. The summed E-state index contributed by atoms with van der Waals surface area (Å²) in [4.78, 5) is -0.407. The van der Waals surface area contributed by atoms with E-state index in [0.29, 0.717) is 0 Å². The monoisotopic (exact) mass is 292 g/mol. The van der Waals surface area contributed by atoms with Gasteiger partial charge in [0.15, 0.2) is 9.84 Å². The van der Waals surface area contributed by atoms with Crippen LogP contribution in [0.15, 0.2) is 23.1 Å². The average molecular weight is 292 g/mol. The van der Waals surface area contributed by atoms with Gasteiger partial charge in [0.1, 0.15) is 11.9 Å². The van der Waals surface area contributed by atoms with Gasteiger partial charge in [0.05, 0.1) is 22.0 Å². The van der Waals surface area contributed by atoms with Crippen molar-refractivity contribution in [3.8, 4) is 6.07 Å². The van der Waals surface area contributed by atoms with E-state index < -0.39 is 42.1 Å². The fraction of sp³-hybridized carbons (Fsp3) is 0.222. The van der Waals surface area contributed by atoms with Gasteiger partial charge in [-0.25, -0.2) is 26.4 Å². The van der Waals surface area contributed by atoms with Crippen LogP contribution in [0.5, 0.6) is 0 Å². The van der Waals surface area contributed by atoms with Crippen molar-refractivity contribution in [1.82, 2.24) is 0 Å². The van der Waals surface area contributed by atoms with Crippen LogP contribution in [-0.4, -0.2) is 28.3 Å². The molecule has 0 spiro atoms. The van der Waals surface area contributed by atoms with Gasteiger partial charge in [-0.05, 0) is 18.2 Å². The van der Waals surface area contributed by atoms with Crippen LogP contribution in [0, 0.1) is 17.1 Å². The maximum Gasteiger partial charge on any atom is 0.210 e. The summed E-state index contributed by atoms with van der Waals surface area (Å²) in [6.07, 6.45) is 0. The van der Waals surface area contributed by atoms with Gasteiger partial charge in [0, 0.05) is 0 Å². The van der Waals surface area contributed by atoms with Crippen LogP contribution in [0.3, 0.4) is 0 Å². The molecular weight excluding hydrogens is 283 g/mol. The summed E-state index contributed by atoms with van der Waals surface area (Å²) in [5.41, 5.74) is -0.371. The number of sulfone groups is 1. The molecule has 0 bridgehead atoms. The molecule has 0 saturated carbocycles. The lowest BCUT2D eigenvalue weighted by Crippen LogP contribution is -2.23. The average Bonchev–Trinajstić information content (AvgIpc) is 2.25. The van der Waals surface area contributed by atoms with Crippen LogP contribution in [0.4, 0.5) is 4.39 Å². The van der Waals surface area contributed by atoms with Crippen molar-refractivity contribution in [1.29, 1.82) is 5.26 Å². The first-order chi connectivity index (χ1) is 8.15. The first-order valence-corrected chi connectivity index (χ1v) is 7.95. The minimum atomic E-state index is -4.00. The number of primary sulfonamides is 1. The molecule has 1 aromatic rings. The predicted molar refractivity (Wildman–Crippen MR) is 61.1 cm³/mol. The van der Waals surface area contributed by atoms with Gasteiger partial charge >= 0.3 is 0 Å². The van der Waals surface area contributed by atoms with Gasteiger partial charge in [0.25, 0.3) is 0 Å². The molecule has 0 saturated heterocycles. The van der Waals surface area contributed by atoms with Gasteiger partial charge < -0.3 is 0 Å². The summed E-state index contributed by atoms with van der Waals surface area (Å²) >= 11 is 0.